The fraction of sp³-hybridized carbons (Fsp3) is 0.333. The van der Waals surface area contributed by atoms with Gasteiger partial charge in [-0.3, -0.25) is 4.79 Å². The highest BCUT2D eigenvalue weighted by atomic mass is 35.5. The van der Waals surface area contributed by atoms with E-state index in [2.05, 4.69) is 0 Å². The van der Waals surface area contributed by atoms with Crippen LogP contribution in [-0.4, -0.2) is 41.1 Å². The first kappa shape index (κ1) is 20.9. The Hall–Kier alpha value is -1.81. The van der Waals surface area contributed by atoms with Crippen LogP contribution in [0.3, 0.4) is 0 Å². The molecule has 0 aliphatic carbocycles. The van der Waals surface area contributed by atoms with Gasteiger partial charge in [-0.25, -0.2) is 8.42 Å². The molecule has 2 aromatic rings. The molecule has 7 nitrogen and oxygen atoms in total. The fourth-order valence-electron chi connectivity index (χ4n) is 3.02. The maximum atomic E-state index is 13.1. The van der Waals surface area contributed by atoms with Crippen molar-refractivity contribution in [2.45, 2.75) is 29.5 Å². The van der Waals surface area contributed by atoms with Crippen molar-refractivity contribution in [3.05, 3.63) is 54.0 Å². The molecule has 0 N–H and O–H groups in total. The van der Waals surface area contributed by atoms with Crippen LogP contribution in [-0.2, 0) is 14.8 Å². The summed E-state index contributed by atoms with van der Waals surface area (Å²) in [4.78, 5) is 12.0. The summed E-state index contributed by atoms with van der Waals surface area (Å²) in [5, 5.41) is 10.4. The zero-order valence-electron chi connectivity index (χ0n) is 15.2. The molecular formula is C18H19ClN2O5S2. The van der Waals surface area contributed by atoms with Crippen molar-refractivity contribution >= 4 is 38.6 Å². The Labute approximate surface area is 172 Å². The molecule has 0 saturated carbocycles. The Morgan fingerprint density at radius 3 is 2.36 bits per heavy atom. The number of benzene rings is 1. The smallest absolute Gasteiger partial charge is 0.243 e. The van der Waals surface area contributed by atoms with Crippen LogP contribution >= 0.6 is 23.4 Å². The van der Waals surface area contributed by atoms with Gasteiger partial charge in [0.15, 0.2) is 12.4 Å². The topological polar surface area (TPSA) is 90.6 Å². The van der Waals surface area contributed by atoms with E-state index in [0.29, 0.717) is 22.0 Å². The number of carbonyl (C=O) groups is 1. The lowest BCUT2D eigenvalue weighted by Gasteiger charge is -2.42. The SMILES string of the molecule is CC1(C)SCCN(S(=O)(=O)c2ccc(Oc3cc[n+]([O-])cc3)cc2)[C@@H]1C(=O)Cl. The molecule has 10 heteroatoms. The maximum Gasteiger partial charge on any atom is 0.243 e. The third-order valence-corrected chi connectivity index (χ3v) is 7.82. The number of rotatable bonds is 5. The zero-order valence-corrected chi connectivity index (χ0v) is 17.6. The summed E-state index contributed by atoms with van der Waals surface area (Å²) < 4.78 is 33.0. The number of sulfonamides is 1. The molecular weight excluding hydrogens is 424 g/mol. The highest BCUT2D eigenvalue weighted by Crippen LogP contribution is 2.39. The standard InChI is InChI=1S/C18H19ClN2O5S2/c1-18(2)16(17(19)22)21(11-12-27-18)28(24,25)15-5-3-13(4-6-15)26-14-7-9-20(23)10-8-14/h3-10,16H,11-12H2,1-2H3/t16-/m1/s1. The fourth-order valence-corrected chi connectivity index (χ4v) is 6.64. The third kappa shape index (κ3) is 4.27. The number of hydrogen-bond donors (Lipinski definition) is 0. The van der Waals surface area contributed by atoms with E-state index in [0.717, 1.165) is 0 Å². The van der Waals surface area contributed by atoms with Crippen LogP contribution in [0.15, 0.2) is 53.7 Å². The Kier molecular flexibility index (Phi) is 5.90. The van der Waals surface area contributed by atoms with Crippen LogP contribution < -0.4 is 9.47 Å². The minimum Gasteiger partial charge on any atom is -0.619 e. The highest BCUT2D eigenvalue weighted by Gasteiger charge is 2.47. The summed E-state index contributed by atoms with van der Waals surface area (Å²) in [7, 11) is -3.91. The molecule has 28 heavy (non-hydrogen) atoms. The van der Waals surface area contributed by atoms with E-state index in [1.165, 1.54) is 64.9 Å². The predicted octanol–water partition coefficient (Wildman–Crippen LogP) is 2.76. The molecule has 0 bridgehead atoms. The Bertz CT molecular complexity index is 962. The first-order valence-corrected chi connectivity index (χ1v) is 11.2. The number of aromatic nitrogens is 1. The number of thioether (sulfide) groups is 1. The van der Waals surface area contributed by atoms with E-state index < -0.39 is 26.1 Å². The summed E-state index contributed by atoms with van der Waals surface area (Å²) >= 11 is 7.27. The molecule has 1 aliphatic rings. The van der Waals surface area contributed by atoms with Crippen LogP contribution in [0.2, 0.25) is 0 Å². The second kappa shape index (κ2) is 7.90. The lowest BCUT2D eigenvalue weighted by molar-refractivity contribution is -0.605. The molecule has 3 rings (SSSR count). The van der Waals surface area contributed by atoms with Gasteiger partial charge in [0.1, 0.15) is 17.5 Å². The highest BCUT2D eigenvalue weighted by molar-refractivity contribution is 8.01. The zero-order chi connectivity index (χ0) is 20.5. The normalized spacial score (nSPS) is 19.9. The van der Waals surface area contributed by atoms with Crippen LogP contribution in [0.4, 0.5) is 0 Å². The number of carbonyl (C=O) groups excluding carboxylic acids is 1. The number of ether oxygens (including phenoxy) is 1. The maximum absolute atomic E-state index is 13.1. The Morgan fingerprint density at radius 2 is 1.79 bits per heavy atom. The van der Waals surface area contributed by atoms with Crippen molar-refractivity contribution < 1.29 is 22.7 Å². The second-order valence-corrected chi connectivity index (χ2v) is 10.8. The Morgan fingerprint density at radius 1 is 1.21 bits per heavy atom. The van der Waals surface area contributed by atoms with Gasteiger partial charge in [-0.05, 0) is 49.7 Å². The van der Waals surface area contributed by atoms with E-state index in [1.54, 1.807) is 0 Å². The molecule has 1 saturated heterocycles. The van der Waals surface area contributed by atoms with Crippen LogP contribution in [0.5, 0.6) is 11.5 Å². The van der Waals surface area contributed by atoms with Gasteiger partial charge in [0.05, 0.1) is 4.90 Å². The molecule has 0 unspecified atom stereocenters. The van der Waals surface area contributed by atoms with Crippen LogP contribution in [0.25, 0.3) is 0 Å². The number of pyridine rings is 1. The molecule has 1 aromatic carbocycles. The van der Waals surface area contributed by atoms with Gasteiger partial charge in [0.2, 0.25) is 15.3 Å². The summed E-state index contributed by atoms with van der Waals surface area (Å²) in [5.74, 6) is 1.44. The monoisotopic (exact) mass is 442 g/mol. The van der Waals surface area contributed by atoms with Crippen molar-refractivity contribution in [1.82, 2.24) is 4.31 Å². The van der Waals surface area contributed by atoms with Crippen molar-refractivity contribution in [3.63, 3.8) is 0 Å². The first-order chi connectivity index (χ1) is 13.1. The van der Waals surface area contributed by atoms with Gasteiger partial charge < -0.3 is 9.94 Å². The molecule has 0 amide bonds. The molecule has 1 aliphatic heterocycles. The predicted molar refractivity (Wildman–Crippen MR) is 107 cm³/mol. The van der Waals surface area contributed by atoms with Crippen LogP contribution in [0, 0.1) is 5.21 Å². The van der Waals surface area contributed by atoms with Crippen molar-refractivity contribution in [3.8, 4) is 11.5 Å². The summed E-state index contributed by atoms with van der Waals surface area (Å²) in [6, 6.07) is 7.94. The van der Waals surface area contributed by atoms with Gasteiger partial charge in [-0.15, -0.1) is 0 Å². The lowest BCUT2D eigenvalue weighted by Crippen LogP contribution is -2.57. The van der Waals surface area contributed by atoms with Gasteiger partial charge in [-0.2, -0.15) is 20.8 Å². The number of hydrogen-bond acceptors (Lipinski definition) is 6. The average molecular weight is 443 g/mol. The summed E-state index contributed by atoms with van der Waals surface area (Å²) in [6.07, 6.45) is 2.60. The van der Waals surface area contributed by atoms with Crippen LogP contribution in [0.1, 0.15) is 13.8 Å². The largest absolute Gasteiger partial charge is 0.619 e. The molecule has 0 spiro atoms. The second-order valence-electron chi connectivity index (χ2n) is 6.74. The number of halogens is 1. The molecule has 1 fully saturated rings. The van der Waals surface area contributed by atoms with E-state index >= 15 is 0 Å². The van der Waals surface area contributed by atoms with Gasteiger partial charge in [0, 0.05) is 29.2 Å². The molecule has 1 atom stereocenters. The lowest BCUT2D eigenvalue weighted by atomic mass is 10.0. The van der Waals surface area contributed by atoms with Crippen molar-refractivity contribution in [2.24, 2.45) is 0 Å². The van der Waals surface area contributed by atoms with Gasteiger partial charge in [0.25, 0.3) is 0 Å². The third-order valence-electron chi connectivity index (χ3n) is 4.38. The van der Waals surface area contributed by atoms with E-state index in [-0.39, 0.29) is 11.4 Å². The first-order valence-electron chi connectivity index (χ1n) is 8.43. The van der Waals surface area contributed by atoms with Crippen molar-refractivity contribution in [1.29, 1.82) is 0 Å². The van der Waals surface area contributed by atoms with E-state index in [9.17, 15) is 18.4 Å². The molecule has 1 aromatic heterocycles. The minimum atomic E-state index is -3.91. The minimum absolute atomic E-state index is 0.0518. The molecule has 0 radical (unpaired) electrons. The van der Waals surface area contributed by atoms with Gasteiger partial charge >= 0.3 is 0 Å². The number of nitrogens with zero attached hydrogens (tertiary/aromatic N) is 2. The van der Waals surface area contributed by atoms with Gasteiger partial charge in [-0.1, -0.05) is 0 Å². The molecule has 150 valence electrons. The summed E-state index contributed by atoms with van der Waals surface area (Å²) in [5.41, 5.74) is 0. The molecule has 2 heterocycles. The van der Waals surface area contributed by atoms with Crippen molar-refractivity contribution in [2.75, 3.05) is 12.3 Å². The summed E-state index contributed by atoms with van der Waals surface area (Å²) in [6.45, 7) is 3.83. The van der Waals surface area contributed by atoms with E-state index in [1.807, 2.05) is 13.8 Å². The average Bonchev–Trinajstić information content (AvgIpc) is 2.63. The van der Waals surface area contributed by atoms with E-state index in [4.69, 9.17) is 16.3 Å². The Balaban J connectivity index is 1.85. The quantitative estimate of drug-likeness (QED) is 0.401.